The van der Waals surface area contributed by atoms with E-state index >= 15 is 0 Å². The topological polar surface area (TPSA) is 9.23 Å². The molecule has 15 heavy (non-hydrogen) atoms. The molecule has 0 amide bonds. The highest BCUT2D eigenvalue weighted by molar-refractivity contribution is 6.74. The summed E-state index contributed by atoms with van der Waals surface area (Å²) in [5.74, 6) is 0. The fourth-order valence-electron chi connectivity index (χ4n) is 1.06. The van der Waals surface area contributed by atoms with Crippen molar-refractivity contribution < 1.29 is 4.43 Å². The van der Waals surface area contributed by atoms with Gasteiger partial charge in [0.25, 0.3) is 0 Å². The van der Waals surface area contributed by atoms with Crippen molar-refractivity contribution in [3.63, 3.8) is 0 Å². The molecule has 0 radical (unpaired) electrons. The molecule has 0 aromatic carbocycles. The third kappa shape index (κ3) is 5.74. The van der Waals surface area contributed by atoms with Gasteiger partial charge in [-0.1, -0.05) is 38.4 Å². The lowest BCUT2D eigenvalue weighted by molar-refractivity contribution is 0.202. The zero-order valence-electron chi connectivity index (χ0n) is 11.1. The van der Waals surface area contributed by atoms with E-state index in [0.29, 0.717) is 0 Å². The van der Waals surface area contributed by atoms with Gasteiger partial charge in [-0.25, -0.2) is 0 Å². The van der Waals surface area contributed by atoms with Crippen LogP contribution >= 0.6 is 11.6 Å². The molecule has 1 atom stereocenters. The quantitative estimate of drug-likeness (QED) is 0.641. The molecule has 90 valence electrons. The largest absolute Gasteiger partial charge is 0.414 e. The predicted molar refractivity (Wildman–Crippen MR) is 72.0 cm³/mol. The van der Waals surface area contributed by atoms with Gasteiger partial charge in [-0.2, -0.15) is 0 Å². The fourth-order valence-corrected chi connectivity index (χ4v) is 2.60. The Labute approximate surface area is 101 Å². The lowest BCUT2D eigenvalue weighted by Crippen LogP contribution is -2.43. The third-order valence-corrected chi connectivity index (χ3v) is 7.79. The van der Waals surface area contributed by atoms with Gasteiger partial charge < -0.3 is 4.43 Å². The molecule has 0 spiro atoms. The van der Waals surface area contributed by atoms with Gasteiger partial charge in [-0.05, 0) is 38.4 Å². The van der Waals surface area contributed by atoms with Crippen LogP contribution in [0.15, 0.2) is 11.1 Å². The van der Waals surface area contributed by atoms with Crippen molar-refractivity contribution in [2.24, 2.45) is 0 Å². The first-order valence-corrected chi connectivity index (χ1v) is 8.85. The average Bonchev–Trinajstić information content (AvgIpc) is 1.97. The van der Waals surface area contributed by atoms with Gasteiger partial charge >= 0.3 is 0 Å². The molecule has 0 bridgehead atoms. The van der Waals surface area contributed by atoms with Crippen molar-refractivity contribution >= 4 is 19.9 Å². The second kappa shape index (κ2) is 5.51. The van der Waals surface area contributed by atoms with Gasteiger partial charge in [0.05, 0.1) is 0 Å². The van der Waals surface area contributed by atoms with Gasteiger partial charge in [0.15, 0.2) is 8.32 Å². The molecule has 0 aliphatic heterocycles. The van der Waals surface area contributed by atoms with Crippen LogP contribution in [0.3, 0.4) is 0 Å². The van der Waals surface area contributed by atoms with Crippen molar-refractivity contribution in [1.82, 2.24) is 0 Å². The first kappa shape index (κ1) is 15.2. The zero-order chi connectivity index (χ0) is 12.3. The highest BCUT2D eigenvalue weighted by Crippen LogP contribution is 2.37. The Morgan fingerprint density at radius 3 is 2.20 bits per heavy atom. The Bertz CT molecular complexity index is 224. The molecular formula is C12H25ClOSi. The van der Waals surface area contributed by atoms with E-state index in [0.717, 1.165) is 11.5 Å². The minimum atomic E-state index is -1.61. The summed E-state index contributed by atoms with van der Waals surface area (Å²) >= 11 is 5.80. The summed E-state index contributed by atoms with van der Waals surface area (Å²) in [6.45, 7) is 15.4. The summed E-state index contributed by atoms with van der Waals surface area (Å²) in [4.78, 5) is 0. The Balaban J connectivity index is 4.29. The van der Waals surface area contributed by atoms with E-state index < -0.39 is 8.32 Å². The van der Waals surface area contributed by atoms with Crippen LogP contribution < -0.4 is 0 Å². The van der Waals surface area contributed by atoms with E-state index in [1.54, 1.807) is 0 Å². The lowest BCUT2D eigenvalue weighted by atomic mass is 10.2. The molecule has 0 aliphatic carbocycles. The number of halogens is 1. The van der Waals surface area contributed by atoms with E-state index in [4.69, 9.17) is 16.0 Å². The normalized spacial score (nSPS) is 16.7. The van der Waals surface area contributed by atoms with Crippen LogP contribution in [0.25, 0.3) is 0 Å². The highest BCUT2D eigenvalue weighted by atomic mass is 35.5. The molecule has 0 saturated carbocycles. The van der Waals surface area contributed by atoms with Crippen molar-refractivity contribution in [3.05, 3.63) is 11.1 Å². The van der Waals surface area contributed by atoms with Crippen LogP contribution in [0.1, 0.15) is 41.0 Å². The smallest absolute Gasteiger partial charge is 0.192 e. The second-order valence-electron chi connectivity index (χ2n) is 5.72. The maximum Gasteiger partial charge on any atom is 0.192 e. The van der Waals surface area contributed by atoms with Crippen LogP contribution in [0.5, 0.6) is 0 Å². The summed E-state index contributed by atoms with van der Waals surface area (Å²) in [5.41, 5.74) is 0. The Hall–Kier alpha value is 0.207. The first-order chi connectivity index (χ1) is 6.56. The fraction of sp³-hybridized carbons (Fsp3) is 0.833. The molecule has 0 fully saturated rings. The zero-order valence-corrected chi connectivity index (χ0v) is 12.9. The average molecular weight is 249 g/mol. The monoisotopic (exact) mass is 248 g/mol. The predicted octanol–water partition coefficient (Wildman–Crippen LogP) is 4.93. The van der Waals surface area contributed by atoms with Gasteiger partial charge in [-0.3, -0.25) is 0 Å². The molecule has 1 unspecified atom stereocenters. The molecule has 3 heteroatoms. The minimum Gasteiger partial charge on any atom is -0.414 e. The van der Waals surface area contributed by atoms with Crippen LogP contribution in [-0.4, -0.2) is 14.4 Å². The second-order valence-corrected chi connectivity index (χ2v) is 11.1. The van der Waals surface area contributed by atoms with Gasteiger partial charge in [0.1, 0.15) is 0 Å². The molecule has 0 heterocycles. The summed E-state index contributed by atoms with van der Waals surface area (Å²) in [6.07, 6.45) is 3.20. The van der Waals surface area contributed by atoms with Crippen LogP contribution in [0.2, 0.25) is 18.1 Å². The van der Waals surface area contributed by atoms with Crippen molar-refractivity contribution in [3.8, 4) is 0 Å². The van der Waals surface area contributed by atoms with Crippen molar-refractivity contribution in [2.75, 3.05) is 0 Å². The maximum atomic E-state index is 6.19. The minimum absolute atomic E-state index is 0.264. The van der Waals surface area contributed by atoms with Gasteiger partial charge in [0.2, 0.25) is 0 Å². The summed E-state index contributed by atoms with van der Waals surface area (Å²) in [5, 5.41) is 1.13. The number of allylic oxidation sites excluding steroid dienone is 1. The molecule has 0 rings (SSSR count). The summed E-state index contributed by atoms with van der Waals surface area (Å²) < 4.78 is 6.19. The maximum absolute atomic E-state index is 6.19. The van der Waals surface area contributed by atoms with Crippen LogP contribution in [-0.2, 0) is 4.43 Å². The Morgan fingerprint density at radius 2 is 1.87 bits per heavy atom. The summed E-state index contributed by atoms with van der Waals surface area (Å²) in [6, 6.07) is 0. The molecular weight excluding hydrogens is 224 g/mol. The molecule has 0 aromatic rings. The number of hydrogen-bond acceptors (Lipinski definition) is 1. The highest BCUT2D eigenvalue weighted by Gasteiger charge is 2.38. The van der Waals surface area contributed by atoms with E-state index in [9.17, 15) is 0 Å². The van der Waals surface area contributed by atoms with Crippen molar-refractivity contribution in [2.45, 2.75) is 65.3 Å². The lowest BCUT2D eigenvalue weighted by Gasteiger charge is -2.38. The molecule has 0 aliphatic rings. The SMILES string of the molecule is C/C(Cl)=C/CC(C)O[Si](C)(C)C(C)(C)C. The number of hydrogen-bond donors (Lipinski definition) is 0. The first-order valence-electron chi connectivity index (χ1n) is 5.56. The van der Waals surface area contributed by atoms with Gasteiger partial charge in [0, 0.05) is 11.1 Å². The molecule has 1 nitrogen and oxygen atoms in total. The van der Waals surface area contributed by atoms with Crippen LogP contribution in [0.4, 0.5) is 0 Å². The molecule has 0 saturated heterocycles. The van der Waals surface area contributed by atoms with Gasteiger partial charge in [-0.15, -0.1) is 0 Å². The molecule has 0 N–H and O–H groups in total. The summed E-state index contributed by atoms with van der Waals surface area (Å²) in [7, 11) is -1.61. The number of rotatable bonds is 4. The Kier molecular flexibility index (Phi) is 5.59. The van der Waals surface area contributed by atoms with E-state index in [2.05, 4.69) is 40.8 Å². The van der Waals surface area contributed by atoms with E-state index in [1.165, 1.54) is 0 Å². The van der Waals surface area contributed by atoms with E-state index in [1.807, 2.05) is 13.0 Å². The third-order valence-electron chi connectivity index (χ3n) is 3.03. The van der Waals surface area contributed by atoms with Crippen LogP contribution in [0, 0.1) is 0 Å². The Morgan fingerprint density at radius 1 is 1.40 bits per heavy atom. The van der Waals surface area contributed by atoms with Crippen molar-refractivity contribution in [1.29, 1.82) is 0 Å². The molecule has 0 aromatic heterocycles. The van der Waals surface area contributed by atoms with E-state index in [-0.39, 0.29) is 11.1 Å². The standard InChI is InChI=1S/C12H25ClOSi/c1-10(13)8-9-11(2)14-15(6,7)12(3,4)5/h8,11H,9H2,1-7H3/b10-8-.